The first kappa shape index (κ1) is 14.3. The maximum absolute atomic E-state index is 13.3. The van der Waals surface area contributed by atoms with E-state index in [1.807, 2.05) is 0 Å². The predicted octanol–water partition coefficient (Wildman–Crippen LogP) is 4.02. The van der Waals surface area contributed by atoms with E-state index in [4.69, 9.17) is 28.9 Å². The van der Waals surface area contributed by atoms with Gasteiger partial charge in [0.05, 0.1) is 31.5 Å². The Morgan fingerprint density at radius 3 is 2.47 bits per heavy atom. The molecule has 2 rings (SSSR count). The van der Waals surface area contributed by atoms with Gasteiger partial charge in [0.25, 0.3) is 0 Å². The molecule has 0 bridgehead atoms. The molecule has 6 heteroatoms. The molecule has 0 saturated heterocycles. The van der Waals surface area contributed by atoms with Crippen LogP contribution in [0.1, 0.15) is 5.56 Å². The van der Waals surface area contributed by atoms with Gasteiger partial charge in [-0.15, -0.1) is 0 Å². The number of rotatable bonds is 3. The van der Waals surface area contributed by atoms with E-state index in [2.05, 4.69) is 0 Å². The summed E-state index contributed by atoms with van der Waals surface area (Å²) in [6.07, 6.45) is 0. The topological polar surface area (TPSA) is 43.1 Å². The first-order chi connectivity index (χ1) is 8.97. The second-order valence-corrected chi connectivity index (χ2v) is 6.16. The maximum Gasteiger partial charge on any atom is 0.142 e. The van der Waals surface area contributed by atoms with Crippen LogP contribution in [0.2, 0.25) is 10.0 Å². The Hall–Kier alpha value is -1.10. The average molecular weight is 318 g/mol. The molecule has 1 atom stereocenters. The SMILES string of the molecule is Nc1ccc(S(=O)Cc2ccc(Cl)c(F)c2)c(Cl)c1. The highest BCUT2D eigenvalue weighted by Crippen LogP contribution is 2.25. The summed E-state index contributed by atoms with van der Waals surface area (Å²) in [5, 5.41) is 0.382. The lowest BCUT2D eigenvalue weighted by atomic mass is 10.2. The summed E-state index contributed by atoms with van der Waals surface area (Å²) in [5.74, 6) is -0.364. The zero-order valence-electron chi connectivity index (χ0n) is 9.70. The number of hydrogen-bond acceptors (Lipinski definition) is 2. The monoisotopic (exact) mass is 317 g/mol. The molecule has 2 nitrogen and oxygen atoms in total. The lowest BCUT2D eigenvalue weighted by Crippen LogP contribution is -1.99. The molecule has 0 saturated carbocycles. The van der Waals surface area contributed by atoms with Crippen molar-refractivity contribution in [3.8, 4) is 0 Å². The van der Waals surface area contributed by atoms with E-state index in [1.165, 1.54) is 18.2 Å². The molecule has 0 aromatic heterocycles. The molecule has 0 heterocycles. The maximum atomic E-state index is 13.3. The van der Waals surface area contributed by atoms with Crippen molar-refractivity contribution >= 4 is 39.7 Å². The molecule has 0 aliphatic rings. The number of anilines is 1. The van der Waals surface area contributed by atoms with Crippen molar-refractivity contribution in [3.05, 3.63) is 57.8 Å². The molecule has 2 aromatic rings. The molecular formula is C13H10Cl2FNOS. The van der Waals surface area contributed by atoms with Crippen LogP contribution in [0, 0.1) is 5.82 Å². The molecule has 100 valence electrons. The normalized spacial score (nSPS) is 12.4. The minimum Gasteiger partial charge on any atom is -0.399 e. The summed E-state index contributed by atoms with van der Waals surface area (Å²) in [6, 6.07) is 9.12. The molecule has 0 spiro atoms. The Kier molecular flexibility index (Phi) is 4.45. The zero-order chi connectivity index (χ0) is 14.0. The number of nitrogen functional groups attached to an aromatic ring is 1. The molecule has 0 radical (unpaired) electrons. The summed E-state index contributed by atoms with van der Waals surface area (Å²) in [7, 11) is -1.37. The van der Waals surface area contributed by atoms with Gasteiger partial charge in [-0.05, 0) is 35.9 Å². The molecular weight excluding hydrogens is 308 g/mol. The van der Waals surface area contributed by atoms with E-state index in [0.717, 1.165) is 0 Å². The molecule has 0 aliphatic heterocycles. The highest BCUT2D eigenvalue weighted by molar-refractivity contribution is 7.84. The summed E-state index contributed by atoms with van der Waals surface area (Å²) in [6.45, 7) is 0. The van der Waals surface area contributed by atoms with Crippen LogP contribution in [0.4, 0.5) is 10.1 Å². The van der Waals surface area contributed by atoms with Gasteiger partial charge in [-0.25, -0.2) is 4.39 Å². The molecule has 19 heavy (non-hydrogen) atoms. The van der Waals surface area contributed by atoms with Crippen LogP contribution in [-0.4, -0.2) is 4.21 Å². The molecule has 0 fully saturated rings. The first-order valence-corrected chi connectivity index (χ1v) is 7.42. The molecule has 2 N–H and O–H groups in total. The van der Waals surface area contributed by atoms with Crippen molar-refractivity contribution < 1.29 is 8.60 Å². The fourth-order valence-corrected chi connectivity index (χ4v) is 3.26. The summed E-state index contributed by atoms with van der Waals surface area (Å²) < 4.78 is 25.5. The third-order valence-electron chi connectivity index (χ3n) is 2.48. The van der Waals surface area contributed by atoms with Crippen molar-refractivity contribution in [2.75, 3.05) is 5.73 Å². The molecule has 1 unspecified atom stereocenters. The lowest BCUT2D eigenvalue weighted by Gasteiger charge is -2.06. The smallest absolute Gasteiger partial charge is 0.142 e. The number of hydrogen-bond donors (Lipinski definition) is 1. The standard InChI is InChI=1S/C13H10Cl2FNOS/c14-10-3-1-8(5-12(10)16)7-19(18)13-4-2-9(17)6-11(13)15/h1-6H,7,17H2. The van der Waals surface area contributed by atoms with E-state index >= 15 is 0 Å². The van der Waals surface area contributed by atoms with Gasteiger partial charge in [-0.3, -0.25) is 4.21 Å². The molecule has 0 aliphatic carbocycles. The third-order valence-corrected chi connectivity index (χ3v) is 4.66. The van der Waals surface area contributed by atoms with Crippen molar-refractivity contribution in [1.29, 1.82) is 0 Å². The van der Waals surface area contributed by atoms with Crippen LogP contribution < -0.4 is 5.73 Å². The van der Waals surface area contributed by atoms with Crippen molar-refractivity contribution in [2.45, 2.75) is 10.6 Å². The first-order valence-electron chi connectivity index (χ1n) is 5.34. The highest BCUT2D eigenvalue weighted by atomic mass is 35.5. The second kappa shape index (κ2) is 5.90. The van der Waals surface area contributed by atoms with Gasteiger partial charge in [0.2, 0.25) is 0 Å². The van der Waals surface area contributed by atoms with Gasteiger partial charge < -0.3 is 5.73 Å². The predicted molar refractivity (Wildman–Crippen MR) is 77.4 cm³/mol. The zero-order valence-corrected chi connectivity index (χ0v) is 12.0. The van der Waals surface area contributed by atoms with Crippen LogP contribution in [0.5, 0.6) is 0 Å². The second-order valence-electron chi connectivity index (χ2n) is 3.93. The van der Waals surface area contributed by atoms with Gasteiger partial charge in [0.15, 0.2) is 0 Å². The van der Waals surface area contributed by atoms with Crippen molar-refractivity contribution in [1.82, 2.24) is 0 Å². The minimum absolute atomic E-state index is 0.0417. The summed E-state index contributed by atoms with van der Waals surface area (Å²) >= 11 is 11.6. The van der Waals surface area contributed by atoms with Crippen LogP contribution >= 0.6 is 23.2 Å². The summed E-state index contributed by atoms with van der Waals surface area (Å²) in [4.78, 5) is 0.478. The van der Waals surface area contributed by atoms with E-state index in [-0.39, 0.29) is 10.8 Å². The van der Waals surface area contributed by atoms with Gasteiger partial charge >= 0.3 is 0 Å². The molecule has 2 aromatic carbocycles. The Morgan fingerprint density at radius 2 is 1.84 bits per heavy atom. The van der Waals surface area contributed by atoms with Crippen LogP contribution in [0.25, 0.3) is 0 Å². The van der Waals surface area contributed by atoms with Gasteiger partial charge in [0.1, 0.15) is 5.82 Å². The van der Waals surface area contributed by atoms with Gasteiger partial charge in [-0.1, -0.05) is 29.3 Å². The third kappa shape index (κ3) is 3.47. The highest BCUT2D eigenvalue weighted by Gasteiger charge is 2.11. The Morgan fingerprint density at radius 1 is 1.11 bits per heavy atom. The van der Waals surface area contributed by atoms with Gasteiger partial charge in [-0.2, -0.15) is 0 Å². The largest absolute Gasteiger partial charge is 0.399 e. The fourth-order valence-electron chi connectivity index (χ4n) is 1.56. The Balaban J connectivity index is 2.23. The Bertz CT molecular complexity index is 649. The number of nitrogens with two attached hydrogens (primary N) is 1. The minimum atomic E-state index is -1.37. The van der Waals surface area contributed by atoms with Crippen molar-refractivity contribution in [2.24, 2.45) is 0 Å². The number of halogens is 3. The van der Waals surface area contributed by atoms with Crippen LogP contribution in [0.3, 0.4) is 0 Å². The van der Waals surface area contributed by atoms with Crippen molar-refractivity contribution in [3.63, 3.8) is 0 Å². The Labute approximate surface area is 122 Å². The van der Waals surface area contributed by atoms with Gasteiger partial charge in [0, 0.05) is 5.69 Å². The quantitative estimate of drug-likeness (QED) is 0.869. The van der Waals surface area contributed by atoms with E-state index in [1.54, 1.807) is 18.2 Å². The van der Waals surface area contributed by atoms with E-state index in [9.17, 15) is 8.60 Å². The van der Waals surface area contributed by atoms with Crippen LogP contribution in [-0.2, 0) is 16.6 Å². The summed E-state index contributed by atoms with van der Waals surface area (Å²) in [5.41, 5.74) is 6.66. The number of benzene rings is 2. The van der Waals surface area contributed by atoms with E-state index < -0.39 is 16.6 Å². The van der Waals surface area contributed by atoms with E-state index in [0.29, 0.717) is 21.2 Å². The van der Waals surface area contributed by atoms with Crippen LogP contribution in [0.15, 0.2) is 41.3 Å². The fraction of sp³-hybridized carbons (Fsp3) is 0.0769. The molecule has 0 amide bonds. The lowest BCUT2D eigenvalue weighted by molar-refractivity contribution is 0.626. The average Bonchev–Trinajstić information content (AvgIpc) is 2.33.